The van der Waals surface area contributed by atoms with Gasteiger partial charge in [-0.2, -0.15) is 13.2 Å². The Morgan fingerprint density at radius 3 is 2.67 bits per heavy atom. The van der Waals surface area contributed by atoms with Crippen LogP contribution in [0.1, 0.15) is 11.3 Å². The van der Waals surface area contributed by atoms with Crippen molar-refractivity contribution in [2.75, 3.05) is 14.2 Å². The summed E-state index contributed by atoms with van der Waals surface area (Å²) in [5.41, 5.74) is 1.22. The molecule has 156 valence electrons. The quantitative estimate of drug-likeness (QED) is 0.376. The molecule has 0 aliphatic rings. The molecule has 0 amide bonds. The first-order valence-electron chi connectivity index (χ1n) is 8.60. The van der Waals surface area contributed by atoms with Crippen LogP contribution in [-0.2, 0) is 11.9 Å². The van der Waals surface area contributed by atoms with Crippen molar-refractivity contribution in [3.05, 3.63) is 53.2 Å². The van der Waals surface area contributed by atoms with Gasteiger partial charge < -0.3 is 9.47 Å². The van der Waals surface area contributed by atoms with Crippen molar-refractivity contribution in [2.45, 2.75) is 17.1 Å². The van der Waals surface area contributed by atoms with Gasteiger partial charge in [0, 0.05) is 23.4 Å². The van der Waals surface area contributed by atoms with Crippen molar-refractivity contribution in [2.24, 2.45) is 0 Å². The molecule has 0 saturated carbocycles. The zero-order valence-electron chi connectivity index (χ0n) is 15.8. The molecule has 0 spiro atoms. The monoisotopic (exact) mass is 452 g/mol. The number of halogens is 3. The molecule has 11 heteroatoms. The summed E-state index contributed by atoms with van der Waals surface area (Å²) in [6, 6.07) is 7.78. The molecule has 3 aromatic heterocycles. The van der Waals surface area contributed by atoms with Crippen LogP contribution < -0.4 is 9.47 Å². The molecule has 0 fully saturated rings. The topological polar surface area (TPSA) is 61.5 Å². The van der Waals surface area contributed by atoms with Gasteiger partial charge in [-0.05, 0) is 24.3 Å². The molecule has 4 aromatic rings. The van der Waals surface area contributed by atoms with Gasteiger partial charge in [-0.3, -0.25) is 4.40 Å². The Morgan fingerprint density at radius 2 is 1.93 bits per heavy atom. The number of aromatic nitrogens is 4. The lowest BCUT2D eigenvalue weighted by Gasteiger charge is -2.08. The highest BCUT2D eigenvalue weighted by molar-refractivity contribution is 7.98. The maximum atomic E-state index is 13.0. The minimum atomic E-state index is -4.43. The summed E-state index contributed by atoms with van der Waals surface area (Å²) in [4.78, 5) is 4.62. The fraction of sp³-hybridized carbons (Fsp3) is 0.211. The van der Waals surface area contributed by atoms with E-state index in [0.717, 1.165) is 28.5 Å². The summed E-state index contributed by atoms with van der Waals surface area (Å²) in [5, 5.41) is 11.0. The lowest BCUT2D eigenvalue weighted by Crippen LogP contribution is -2.06. The number of pyridine rings is 1. The smallest absolute Gasteiger partial charge is 0.417 e. The van der Waals surface area contributed by atoms with Gasteiger partial charge in [0.15, 0.2) is 10.8 Å². The molecule has 6 nitrogen and oxygen atoms in total. The number of hydrogen-bond donors (Lipinski definition) is 0. The highest BCUT2D eigenvalue weighted by Crippen LogP contribution is 2.36. The van der Waals surface area contributed by atoms with E-state index in [2.05, 4.69) is 15.2 Å². The average molecular weight is 452 g/mol. The van der Waals surface area contributed by atoms with Gasteiger partial charge in [0.05, 0.1) is 31.0 Å². The molecule has 0 unspecified atom stereocenters. The minimum Gasteiger partial charge on any atom is -0.497 e. The maximum absolute atomic E-state index is 13.0. The summed E-state index contributed by atoms with van der Waals surface area (Å²) < 4.78 is 50.9. The first-order valence-corrected chi connectivity index (χ1v) is 10.5. The Hall–Kier alpha value is -2.79. The number of alkyl halides is 3. The molecule has 0 N–H and O–H groups in total. The van der Waals surface area contributed by atoms with E-state index in [-0.39, 0.29) is 0 Å². The molecule has 0 saturated heterocycles. The highest BCUT2D eigenvalue weighted by Gasteiger charge is 2.31. The van der Waals surface area contributed by atoms with E-state index in [0.29, 0.717) is 28.1 Å². The van der Waals surface area contributed by atoms with E-state index in [4.69, 9.17) is 9.47 Å². The number of nitrogens with zero attached hydrogens (tertiary/aromatic N) is 4. The van der Waals surface area contributed by atoms with Crippen molar-refractivity contribution < 1.29 is 22.6 Å². The fourth-order valence-corrected chi connectivity index (χ4v) is 4.51. The van der Waals surface area contributed by atoms with Gasteiger partial charge in [0.2, 0.25) is 0 Å². The maximum Gasteiger partial charge on any atom is 0.417 e. The van der Waals surface area contributed by atoms with Crippen LogP contribution in [0, 0.1) is 0 Å². The number of rotatable bonds is 6. The molecular formula is C19H15F3N4O2S2. The Morgan fingerprint density at radius 1 is 1.10 bits per heavy atom. The molecule has 1 aromatic carbocycles. The highest BCUT2D eigenvalue weighted by atomic mass is 32.2. The standard InChI is InChI=1S/C19H15F3N4O2S2/c1-27-13-4-5-14(15(7-13)28-2)17-23-12(9-29-17)10-30-18-25-24-16-6-3-11(8-26(16)18)19(20,21)22/h3-9H,10H2,1-2H3. The van der Waals surface area contributed by atoms with Crippen LogP contribution in [0.15, 0.2) is 47.1 Å². The number of benzene rings is 1. The van der Waals surface area contributed by atoms with Crippen molar-refractivity contribution >= 4 is 28.7 Å². The molecule has 0 aliphatic carbocycles. The van der Waals surface area contributed by atoms with Gasteiger partial charge in [-0.15, -0.1) is 21.5 Å². The minimum absolute atomic E-state index is 0.354. The van der Waals surface area contributed by atoms with Crippen LogP contribution in [0.5, 0.6) is 11.5 Å². The first-order chi connectivity index (χ1) is 14.4. The van der Waals surface area contributed by atoms with Crippen LogP contribution in [0.25, 0.3) is 16.2 Å². The molecule has 0 radical (unpaired) electrons. The van der Waals surface area contributed by atoms with Crippen LogP contribution in [-0.4, -0.2) is 33.8 Å². The molecule has 3 heterocycles. The predicted octanol–water partition coefficient (Wildman–Crippen LogP) is 5.18. The zero-order valence-corrected chi connectivity index (χ0v) is 17.4. The van der Waals surface area contributed by atoms with Gasteiger partial charge in [-0.25, -0.2) is 4.98 Å². The summed E-state index contributed by atoms with van der Waals surface area (Å²) in [5.74, 6) is 1.76. The van der Waals surface area contributed by atoms with E-state index in [1.165, 1.54) is 33.6 Å². The lowest BCUT2D eigenvalue weighted by atomic mass is 10.2. The number of methoxy groups -OCH3 is 2. The number of ether oxygens (including phenoxy) is 2. The third-order valence-electron chi connectivity index (χ3n) is 4.24. The molecule has 4 rings (SSSR count). The Balaban J connectivity index is 1.54. The second-order valence-electron chi connectivity index (χ2n) is 6.13. The van der Waals surface area contributed by atoms with E-state index in [9.17, 15) is 13.2 Å². The molecular weight excluding hydrogens is 437 g/mol. The first kappa shape index (κ1) is 20.5. The Bertz CT molecular complexity index is 1190. The average Bonchev–Trinajstić information content (AvgIpc) is 3.37. The number of fused-ring (bicyclic) bond motifs is 1. The van der Waals surface area contributed by atoms with Crippen LogP contribution in [0.2, 0.25) is 0 Å². The van der Waals surface area contributed by atoms with E-state index < -0.39 is 11.7 Å². The SMILES string of the molecule is COc1ccc(-c2nc(CSc3nnc4ccc(C(F)(F)F)cn34)cs2)c(OC)c1. The van der Waals surface area contributed by atoms with E-state index in [1.807, 2.05) is 17.5 Å². The van der Waals surface area contributed by atoms with E-state index >= 15 is 0 Å². The van der Waals surface area contributed by atoms with Gasteiger partial charge in [0.25, 0.3) is 0 Å². The normalized spacial score (nSPS) is 11.8. The van der Waals surface area contributed by atoms with Crippen LogP contribution in [0.3, 0.4) is 0 Å². The Kier molecular flexibility index (Phi) is 5.56. The van der Waals surface area contributed by atoms with Gasteiger partial charge >= 0.3 is 6.18 Å². The lowest BCUT2D eigenvalue weighted by molar-refractivity contribution is -0.137. The van der Waals surface area contributed by atoms with Crippen molar-refractivity contribution in [1.82, 2.24) is 19.6 Å². The molecule has 30 heavy (non-hydrogen) atoms. The zero-order chi connectivity index (χ0) is 21.3. The van der Waals surface area contributed by atoms with Crippen molar-refractivity contribution in [1.29, 1.82) is 0 Å². The molecule has 0 bridgehead atoms. The predicted molar refractivity (Wildman–Crippen MR) is 108 cm³/mol. The second kappa shape index (κ2) is 8.15. The van der Waals surface area contributed by atoms with E-state index in [1.54, 1.807) is 20.3 Å². The largest absolute Gasteiger partial charge is 0.497 e. The Labute approximate surface area is 177 Å². The number of thiazole rings is 1. The second-order valence-corrected chi connectivity index (χ2v) is 7.93. The van der Waals surface area contributed by atoms with Gasteiger partial charge in [-0.1, -0.05) is 11.8 Å². The fourth-order valence-electron chi connectivity index (χ4n) is 2.75. The summed E-state index contributed by atoms with van der Waals surface area (Å²) >= 11 is 2.72. The third kappa shape index (κ3) is 4.08. The summed E-state index contributed by atoms with van der Waals surface area (Å²) in [6.07, 6.45) is -3.42. The third-order valence-corrected chi connectivity index (χ3v) is 6.14. The van der Waals surface area contributed by atoms with Crippen LogP contribution in [0.4, 0.5) is 13.2 Å². The number of hydrogen-bond acceptors (Lipinski definition) is 7. The summed E-state index contributed by atoms with van der Waals surface area (Å²) in [7, 11) is 3.16. The summed E-state index contributed by atoms with van der Waals surface area (Å²) in [6.45, 7) is 0. The van der Waals surface area contributed by atoms with Crippen LogP contribution >= 0.6 is 23.1 Å². The van der Waals surface area contributed by atoms with Crippen molar-refractivity contribution in [3.63, 3.8) is 0 Å². The molecule has 0 aliphatic heterocycles. The molecule has 0 atom stereocenters. The van der Waals surface area contributed by atoms with Gasteiger partial charge in [0.1, 0.15) is 16.5 Å². The number of thioether (sulfide) groups is 1. The van der Waals surface area contributed by atoms with Crippen molar-refractivity contribution in [3.8, 4) is 22.1 Å².